The first-order chi connectivity index (χ1) is 26.0. The van der Waals surface area contributed by atoms with Crippen LogP contribution in [0.5, 0.6) is 11.5 Å². The predicted octanol–water partition coefficient (Wildman–Crippen LogP) is 7.22. The summed E-state index contributed by atoms with van der Waals surface area (Å²) in [7, 11) is 0.00850. The standard InChI is InChI=1S/C44H46N2O7Si/c1-30(47)45-37-27-26-36-39(41(37)51-6)38(29-52-54(44(2,3)4,34-18-12-8-13-19-34)35-20-14-9-15-21-35)46(28-31-22-24-33(50-5)25-23-31)42(48)40(36)53-43(49)32-16-10-7-11-17-32/h7-27,38,40H,28-29H2,1-6H3,(H,45,47)/t38-,40?/m0/s1. The fraction of sp³-hybridized carbons (Fsp3) is 0.250. The Morgan fingerprint density at radius 3 is 1.85 bits per heavy atom. The van der Waals surface area contributed by atoms with Gasteiger partial charge in [-0.1, -0.05) is 118 Å². The van der Waals surface area contributed by atoms with Crippen LogP contribution in [0, 0.1) is 0 Å². The van der Waals surface area contributed by atoms with Gasteiger partial charge in [-0.3, -0.25) is 9.59 Å². The third-order valence-corrected chi connectivity index (χ3v) is 14.9. The second-order valence-electron chi connectivity index (χ2n) is 14.3. The number of esters is 1. The minimum Gasteiger partial charge on any atom is -0.497 e. The lowest BCUT2D eigenvalue weighted by Crippen LogP contribution is -2.67. The molecule has 0 fully saturated rings. The maximum absolute atomic E-state index is 15.0. The lowest BCUT2D eigenvalue weighted by atomic mass is 9.88. The van der Waals surface area contributed by atoms with Crippen LogP contribution in [0.3, 0.4) is 0 Å². The quantitative estimate of drug-likeness (QED) is 0.106. The number of nitrogens with one attached hydrogen (secondary N) is 1. The lowest BCUT2D eigenvalue weighted by Gasteiger charge is -2.46. The van der Waals surface area contributed by atoms with Gasteiger partial charge in [-0.05, 0) is 51.3 Å². The van der Waals surface area contributed by atoms with Crippen molar-refractivity contribution < 1.29 is 33.0 Å². The van der Waals surface area contributed by atoms with Crippen molar-refractivity contribution in [3.63, 3.8) is 0 Å². The smallest absolute Gasteiger partial charge is 0.339 e. The van der Waals surface area contributed by atoms with Crippen molar-refractivity contribution in [1.29, 1.82) is 0 Å². The molecule has 5 aromatic carbocycles. The molecule has 0 aliphatic carbocycles. The lowest BCUT2D eigenvalue weighted by molar-refractivity contribution is -0.147. The average Bonchev–Trinajstić information content (AvgIpc) is 3.18. The van der Waals surface area contributed by atoms with Crippen LogP contribution in [-0.2, 0) is 25.3 Å². The summed E-state index contributed by atoms with van der Waals surface area (Å²) in [5, 5.41) is 4.71. The molecule has 2 amide bonds. The van der Waals surface area contributed by atoms with Crippen molar-refractivity contribution in [3.8, 4) is 11.5 Å². The van der Waals surface area contributed by atoms with Gasteiger partial charge in [0.1, 0.15) is 11.5 Å². The molecule has 1 aliphatic heterocycles. The van der Waals surface area contributed by atoms with Crippen molar-refractivity contribution in [2.45, 2.75) is 51.4 Å². The van der Waals surface area contributed by atoms with E-state index in [0.29, 0.717) is 33.9 Å². The van der Waals surface area contributed by atoms with E-state index in [4.69, 9.17) is 18.6 Å². The van der Waals surface area contributed by atoms with E-state index in [0.717, 1.165) is 15.9 Å². The van der Waals surface area contributed by atoms with E-state index in [1.807, 2.05) is 60.7 Å². The molecule has 54 heavy (non-hydrogen) atoms. The van der Waals surface area contributed by atoms with E-state index in [1.54, 1.807) is 54.5 Å². The molecule has 0 bridgehead atoms. The highest BCUT2D eigenvalue weighted by atomic mass is 28.4. The number of amides is 2. The zero-order valence-corrected chi connectivity index (χ0v) is 32.5. The molecule has 278 valence electrons. The fourth-order valence-corrected chi connectivity index (χ4v) is 12.0. The third-order valence-electron chi connectivity index (χ3n) is 9.86. The Morgan fingerprint density at radius 2 is 1.33 bits per heavy atom. The molecule has 9 nitrogen and oxygen atoms in total. The van der Waals surface area contributed by atoms with Crippen LogP contribution in [-0.4, -0.2) is 51.8 Å². The molecule has 1 aliphatic rings. The van der Waals surface area contributed by atoms with Crippen LogP contribution in [0.25, 0.3) is 0 Å². The van der Waals surface area contributed by atoms with Crippen LogP contribution in [0.2, 0.25) is 5.04 Å². The molecule has 0 aromatic heterocycles. The van der Waals surface area contributed by atoms with Gasteiger partial charge in [-0.25, -0.2) is 4.79 Å². The second kappa shape index (κ2) is 16.1. The van der Waals surface area contributed by atoms with E-state index in [2.05, 4.69) is 50.4 Å². The molecule has 0 saturated heterocycles. The molecular formula is C44H46N2O7Si. The van der Waals surface area contributed by atoms with Crippen molar-refractivity contribution in [3.05, 3.63) is 150 Å². The molecule has 1 unspecified atom stereocenters. The summed E-state index contributed by atoms with van der Waals surface area (Å²) in [5.41, 5.74) is 2.60. The Labute approximate surface area is 318 Å². The number of methoxy groups -OCH3 is 2. The highest BCUT2D eigenvalue weighted by Crippen LogP contribution is 2.48. The van der Waals surface area contributed by atoms with Gasteiger partial charge >= 0.3 is 5.97 Å². The number of fused-ring (bicyclic) bond motifs is 1. The molecule has 0 radical (unpaired) electrons. The van der Waals surface area contributed by atoms with E-state index in [9.17, 15) is 14.4 Å². The van der Waals surface area contributed by atoms with Crippen molar-refractivity contribution in [2.24, 2.45) is 0 Å². The summed E-state index contributed by atoms with van der Waals surface area (Å²) in [6, 6.07) is 39.3. The summed E-state index contributed by atoms with van der Waals surface area (Å²) >= 11 is 0. The minimum atomic E-state index is -3.12. The Bertz CT molecular complexity index is 2050. The molecule has 6 rings (SSSR count). The van der Waals surface area contributed by atoms with E-state index in [-0.39, 0.29) is 24.1 Å². The zero-order chi connectivity index (χ0) is 38.5. The Hall–Kier alpha value is -5.71. The maximum atomic E-state index is 15.0. The number of carbonyl (C=O) groups excluding carboxylic acids is 3. The van der Waals surface area contributed by atoms with Crippen LogP contribution < -0.4 is 25.2 Å². The van der Waals surface area contributed by atoms with E-state index >= 15 is 0 Å². The number of hydrogen-bond donors (Lipinski definition) is 1. The Morgan fingerprint density at radius 1 is 0.759 bits per heavy atom. The summed E-state index contributed by atoms with van der Waals surface area (Å²) in [4.78, 5) is 42.8. The van der Waals surface area contributed by atoms with Crippen LogP contribution in [0.4, 0.5) is 5.69 Å². The molecule has 10 heteroatoms. The van der Waals surface area contributed by atoms with Gasteiger partial charge in [0, 0.05) is 24.6 Å². The molecule has 0 saturated carbocycles. The molecule has 0 spiro atoms. The number of nitrogens with zero attached hydrogens (tertiary/aromatic N) is 1. The monoisotopic (exact) mass is 742 g/mol. The first-order valence-electron chi connectivity index (χ1n) is 17.9. The van der Waals surface area contributed by atoms with Crippen LogP contribution >= 0.6 is 0 Å². The highest BCUT2D eigenvalue weighted by molar-refractivity contribution is 6.99. The molecule has 1 N–H and O–H groups in total. The summed E-state index contributed by atoms with van der Waals surface area (Å²) in [5.74, 6) is -0.310. The minimum absolute atomic E-state index is 0.0708. The Kier molecular flexibility index (Phi) is 11.3. The van der Waals surface area contributed by atoms with Gasteiger partial charge in [0.15, 0.2) is 0 Å². The second-order valence-corrected chi connectivity index (χ2v) is 18.6. The van der Waals surface area contributed by atoms with E-state index in [1.165, 1.54) is 14.0 Å². The molecule has 1 heterocycles. The zero-order valence-electron chi connectivity index (χ0n) is 31.5. The van der Waals surface area contributed by atoms with Crippen molar-refractivity contribution in [1.82, 2.24) is 4.90 Å². The first kappa shape index (κ1) is 38.0. The maximum Gasteiger partial charge on any atom is 0.339 e. The normalized spacial score (nSPS) is 15.6. The topological polar surface area (TPSA) is 103 Å². The Balaban J connectivity index is 1.56. The summed E-state index contributed by atoms with van der Waals surface area (Å²) < 4.78 is 25.1. The number of benzene rings is 5. The van der Waals surface area contributed by atoms with Gasteiger partial charge in [0.05, 0.1) is 38.1 Å². The molecule has 5 aromatic rings. The summed E-state index contributed by atoms with van der Waals surface area (Å²) in [6.07, 6.45) is -1.31. The fourth-order valence-electron chi connectivity index (χ4n) is 7.41. The number of ether oxygens (including phenoxy) is 3. The number of anilines is 1. The van der Waals surface area contributed by atoms with Gasteiger partial charge in [-0.15, -0.1) is 0 Å². The largest absolute Gasteiger partial charge is 0.497 e. The SMILES string of the molecule is COc1ccc(CN2C(=O)C(OC(=O)c3ccccc3)c3ccc(NC(C)=O)c(OC)c3[C@@H]2CO[Si](c2ccccc2)(c2ccccc2)C(C)(C)C)cc1. The van der Waals surface area contributed by atoms with Crippen molar-refractivity contribution >= 4 is 42.2 Å². The third kappa shape index (κ3) is 7.53. The van der Waals surface area contributed by atoms with Crippen LogP contribution in [0.15, 0.2) is 127 Å². The molecular weight excluding hydrogens is 697 g/mol. The van der Waals surface area contributed by atoms with Gasteiger partial charge < -0.3 is 28.9 Å². The number of carbonyl (C=O) groups is 3. The van der Waals surface area contributed by atoms with Gasteiger partial charge in [0.25, 0.3) is 14.2 Å². The number of rotatable bonds is 12. The average molecular weight is 743 g/mol. The predicted molar refractivity (Wildman–Crippen MR) is 212 cm³/mol. The first-order valence-corrected chi connectivity index (χ1v) is 19.8. The van der Waals surface area contributed by atoms with E-state index < -0.39 is 32.3 Å². The highest BCUT2D eigenvalue weighted by Gasteiger charge is 2.52. The summed E-state index contributed by atoms with van der Waals surface area (Å²) in [6.45, 7) is 8.24. The molecule has 2 atom stereocenters. The van der Waals surface area contributed by atoms with Crippen LogP contribution in [0.1, 0.15) is 66.9 Å². The van der Waals surface area contributed by atoms with Gasteiger partial charge in [-0.2, -0.15) is 0 Å². The van der Waals surface area contributed by atoms with Crippen molar-refractivity contribution in [2.75, 3.05) is 26.1 Å². The van der Waals surface area contributed by atoms with Gasteiger partial charge in [0.2, 0.25) is 12.0 Å². The number of hydrogen-bond acceptors (Lipinski definition) is 7.